The summed E-state index contributed by atoms with van der Waals surface area (Å²) in [5.41, 5.74) is 11.1. The smallest absolute Gasteiger partial charge is 0.346 e. The number of nitrogens with one attached hydrogen (secondary N) is 5. The number of ether oxygens (including phenoxy) is 2. The quantitative estimate of drug-likeness (QED) is 0.0133. The van der Waals surface area contributed by atoms with Crippen LogP contribution in [-0.2, 0) is 61.7 Å². The van der Waals surface area contributed by atoms with Crippen molar-refractivity contribution in [2.45, 2.75) is 126 Å². The average Bonchev–Trinajstić information content (AvgIpc) is 3.51. The van der Waals surface area contributed by atoms with Gasteiger partial charge in [-0.15, -0.1) is 0 Å². The van der Waals surface area contributed by atoms with Gasteiger partial charge >= 0.3 is 25.6 Å². The lowest BCUT2D eigenvalue weighted by Crippen LogP contribution is -2.62. The Balaban J connectivity index is 3.09. The lowest BCUT2D eigenvalue weighted by molar-refractivity contribution is -0.166. The number of hydrogen-bond donors (Lipinski definition) is 12. The minimum Gasteiger partial charge on any atom is -0.480 e. The molecule has 10 atom stereocenters. The van der Waals surface area contributed by atoms with Crippen molar-refractivity contribution in [3.05, 3.63) is 0 Å². The summed E-state index contributed by atoms with van der Waals surface area (Å²) < 4.78 is 31.0. The normalized spacial score (nSPS) is 18.9. The third-order valence-corrected chi connectivity index (χ3v) is 12.2. The largest absolute Gasteiger partial charge is 0.480 e. The zero-order valence-electron chi connectivity index (χ0n) is 37.3. The van der Waals surface area contributed by atoms with Gasteiger partial charge in [-0.25, -0.2) is 18.9 Å². The molecule has 65 heavy (non-hydrogen) atoms. The topological polar surface area (TPSA) is 418 Å². The number of cyclic esters (lactones) is 1. The Kier molecular flexibility index (Phi) is 25.4. The molecule has 0 aromatic heterocycles. The van der Waals surface area contributed by atoms with Crippen LogP contribution >= 0.6 is 7.67 Å². The summed E-state index contributed by atoms with van der Waals surface area (Å²) >= 11 is 0. The van der Waals surface area contributed by atoms with Gasteiger partial charge in [0.1, 0.15) is 30.2 Å². The molecule has 0 bridgehead atoms. The number of aliphatic hydroxyl groups excluding tert-OH is 4. The van der Waals surface area contributed by atoms with Crippen LogP contribution < -0.4 is 38.1 Å². The second-order valence-corrected chi connectivity index (χ2v) is 18.2. The van der Waals surface area contributed by atoms with E-state index >= 15 is 0 Å². The van der Waals surface area contributed by atoms with E-state index in [2.05, 4.69) is 26.6 Å². The van der Waals surface area contributed by atoms with E-state index in [4.69, 9.17) is 25.5 Å². The number of carbonyl (C=O) groups excluding carboxylic acids is 8. The highest BCUT2D eigenvalue weighted by atomic mass is 31.2. The molecular weight excluding hydrogens is 889 g/mol. The zero-order chi connectivity index (χ0) is 49.8. The van der Waals surface area contributed by atoms with Gasteiger partial charge in [0, 0.05) is 6.42 Å². The van der Waals surface area contributed by atoms with E-state index in [1.165, 1.54) is 28.2 Å². The highest BCUT2D eigenvalue weighted by Gasteiger charge is 2.52. The lowest BCUT2D eigenvalue weighted by Gasteiger charge is -2.30. The molecule has 14 N–H and O–H groups in total. The summed E-state index contributed by atoms with van der Waals surface area (Å²) in [4.78, 5) is 116. The van der Waals surface area contributed by atoms with Gasteiger partial charge in [0.05, 0.1) is 31.8 Å². The van der Waals surface area contributed by atoms with Crippen molar-refractivity contribution < 1.29 is 87.2 Å². The van der Waals surface area contributed by atoms with Crippen molar-refractivity contribution in [3.8, 4) is 0 Å². The van der Waals surface area contributed by atoms with E-state index < -0.39 is 148 Å². The van der Waals surface area contributed by atoms with Crippen LogP contribution in [0, 0.1) is 0 Å². The summed E-state index contributed by atoms with van der Waals surface area (Å²) in [7, 11) is 1.67. The van der Waals surface area contributed by atoms with Gasteiger partial charge in [-0.1, -0.05) is 0 Å². The number of nitrogens with two attached hydrogens (primary N) is 2. The molecule has 3 unspecified atom stereocenters. The third kappa shape index (κ3) is 18.2. The van der Waals surface area contributed by atoms with Gasteiger partial charge in [-0.2, -0.15) is 0 Å². The number of rotatable bonds is 31. The summed E-state index contributed by atoms with van der Waals surface area (Å²) in [6, 6.07) is -8.13. The molecule has 1 aliphatic heterocycles. The predicted octanol–water partition coefficient (Wildman–Crippen LogP) is -5.70. The van der Waals surface area contributed by atoms with Crippen molar-refractivity contribution in [3.63, 3.8) is 0 Å². The summed E-state index contributed by atoms with van der Waals surface area (Å²) in [5.74, 6) is -10.2. The van der Waals surface area contributed by atoms with Crippen LogP contribution in [0.15, 0.2) is 0 Å². The molecule has 0 saturated carbocycles. The second-order valence-electron chi connectivity index (χ2n) is 15.4. The van der Waals surface area contributed by atoms with Gasteiger partial charge in [0.15, 0.2) is 6.10 Å². The first-order valence-electron chi connectivity index (χ1n) is 20.7. The van der Waals surface area contributed by atoms with Crippen molar-refractivity contribution >= 4 is 60.9 Å². The van der Waals surface area contributed by atoms with E-state index in [-0.39, 0.29) is 38.8 Å². The average molecular weight is 956 g/mol. The molecule has 1 aliphatic rings. The number of carboxylic acids is 1. The monoisotopic (exact) mass is 955 g/mol. The summed E-state index contributed by atoms with van der Waals surface area (Å²) in [6.07, 6.45) is -8.90. The van der Waals surface area contributed by atoms with Gasteiger partial charge in [-0.05, 0) is 93.7 Å². The number of Topliss-reactive ketones (excluding diaryl/α,β-unsaturated/α-hetero) is 1. The number of esters is 2. The predicted molar refractivity (Wildman–Crippen MR) is 224 cm³/mol. The first kappa shape index (κ1) is 58.3. The molecule has 28 heteroatoms. The van der Waals surface area contributed by atoms with E-state index in [1.807, 2.05) is 0 Å². The number of aliphatic hydroxyl groups is 4. The number of amides is 5. The molecule has 1 heterocycles. The maximum Gasteiger partial charge on any atom is 0.346 e. The maximum absolute atomic E-state index is 13.6. The molecule has 1 fully saturated rings. The van der Waals surface area contributed by atoms with Crippen molar-refractivity contribution in [2.24, 2.45) is 11.5 Å². The number of aliphatic carboxylic acids is 1. The number of hydrogen-bond acceptors (Lipinski definition) is 19. The van der Waals surface area contributed by atoms with Crippen molar-refractivity contribution in [1.29, 1.82) is 0 Å². The fraction of sp³-hybridized carbons (Fsp3) is 0.757. The Morgan fingerprint density at radius 1 is 0.708 bits per heavy atom. The molecule has 0 aromatic carbocycles. The molecule has 372 valence electrons. The van der Waals surface area contributed by atoms with Crippen LogP contribution in [0.1, 0.15) is 65.2 Å². The molecule has 1 rings (SSSR count). The molecule has 1 saturated heterocycles. The minimum atomic E-state index is -3.87. The van der Waals surface area contributed by atoms with Crippen molar-refractivity contribution in [1.82, 2.24) is 35.9 Å². The van der Waals surface area contributed by atoms with Crippen LogP contribution in [0.4, 0.5) is 0 Å². The zero-order valence-corrected chi connectivity index (χ0v) is 38.2. The van der Waals surface area contributed by atoms with Crippen LogP contribution in [0.2, 0.25) is 0 Å². The van der Waals surface area contributed by atoms with Gasteiger partial charge in [0.2, 0.25) is 47.5 Å². The highest BCUT2D eigenvalue weighted by molar-refractivity contribution is 7.53. The van der Waals surface area contributed by atoms with E-state index in [0.29, 0.717) is 12.8 Å². The molecular formula is C37H66N9O18P. The fourth-order valence-electron chi connectivity index (χ4n) is 6.00. The number of carbonyl (C=O) groups is 9. The molecule has 0 aliphatic carbocycles. The fourth-order valence-corrected chi connectivity index (χ4v) is 7.56. The van der Waals surface area contributed by atoms with E-state index in [1.54, 1.807) is 0 Å². The Morgan fingerprint density at radius 3 is 1.62 bits per heavy atom. The van der Waals surface area contributed by atoms with Crippen LogP contribution in [0.25, 0.3) is 0 Å². The molecule has 0 radical (unpaired) electrons. The lowest BCUT2D eigenvalue weighted by atomic mass is 10.0. The second kappa shape index (κ2) is 28.4. The third-order valence-electron chi connectivity index (χ3n) is 9.71. The van der Waals surface area contributed by atoms with Gasteiger partial charge < -0.3 is 73.1 Å². The van der Waals surface area contributed by atoms with Gasteiger partial charge in [-0.3, -0.25) is 42.7 Å². The van der Waals surface area contributed by atoms with Crippen LogP contribution in [-0.4, -0.2) is 203 Å². The molecule has 0 aromatic rings. The first-order chi connectivity index (χ1) is 30.4. The van der Waals surface area contributed by atoms with Crippen LogP contribution in [0.5, 0.6) is 0 Å². The number of unbranched alkanes of at least 4 members (excludes halogenated alkanes) is 2. The van der Waals surface area contributed by atoms with E-state index in [9.17, 15) is 73.2 Å². The standard InChI is InChI=1S/C37H66N9O18P/c1-19(49)27(34(56)41-22(12-8-10-16-39)32(54)42-23(17-47)36(58)59)44-35(57)28(20(2)50)43-33(55)21(11-7-9-15-38)40-25(51)13-14-26(52)62-24(18-48)30-29(53)31(37(60)63-30)64-65(61,45(3)4)46(5)6/h19-24,27-28,30-31,47-50H,7-18,38-39H2,1-6H3,(H,40,51)(H,41,56)(H,42,54)(H,43,55)(H,44,57)(H,58,59)/t19-,20-,21+,22+,23+,24?,27+,28+,30?,31?/m1/s1. The molecule has 27 nitrogen and oxygen atoms in total. The number of nitrogens with zero attached hydrogens (tertiary/aromatic N) is 2. The van der Waals surface area contributed by atoms with Gasteiger partial charge in [0.25, 0.3) is 0 Å². The summed E-state index contributed by atoms with van der Waals surface area (Å²) in [5, 5.41) is 60.8. The minimum absolute atomic E-state index is 0.0573. The maximum atomic E-state index is 13.6. The van der Waals surface area contributed by atoms with E-state index in [0.717, 1.165) is 23.2 Å². The molecule has 0 spiro atoms. The summed E-state index contributed by atoms with van der Waals surface area (Å²) in [6.45, 7) is 0.684. The Hall–Kier alpha value is -4.70. The molecule has 5 amide bonds. The first-order valence-corrected chi connectivity index (χ1v) is 22.2. The van der Waals surface area contributed by atoms with Crippen LogP contribution in [0.3, 0.4) is 0 Å². The highest BCUT2D eigenvalue weighted by Crippen LogP contribution is 2.52. The Labute approximate surface area is 375 Å². The Bertz CT molecular complexity index is 1690. The van der Waals surface area contributed by atoms with Crippen molar-refractivity contribution in [2.75, 3.05) is 54.5 Å². The number of carboxylic acid groups (broad SMARTS) is 1. The SMILES string of the molecule is C[C@@H](O)[C@H](NC(=O)[C@H](CCCCN)NC(=O)CCC(=O)OC(CO)C1OC(=O)C(OP(=O)(N(C)C)N(C)C)C1=O)C(=O)N[C@H](C(=O)N[C@@H](CCCCN)C(=O)N[C@@H](CO)C(=O)O)[C@@H](C)O. The Morgan fingerprint density at radius 2 is 1.17 bits per heavy atom. The number of ketones is 1.